The van der Waals surface area contributed by atoms with Crippen LogP contribution in [-0.2, 0) is 32.3 Å². The number of halogens is 4. The van der Waals surface area contributed by atoms with Crippen molar-refractivity contribution < 1.29 is 41.9 Å². The molecule has 12 nitrogen and oxygen atoms in total. The maximum atomic E-state index is 14.2. The molecule has 6 rings (SSSR count). The predicted octanol–water partition coefficient (Wildman–Crippen LogP) is 5.57. The number of hydrogen-bond donors (Lipinski definition) is 4. The number of benzene rings is 3. The van der Waals surface area contributed by atoms with E-state index in [4.69, 9.17) is 11.6 Å². The van der Waals surface area contributed by atoms with E-state index in [0.717, 1.165) is 17.0 Å². The Bertz CT molecular complexity index is 2380. The minimum Gasteiger partial charge on any atom is -0.351 e. The van der Waals surface area contributed by atoms with Crippen molar-refractivity contribution in [1.29, 1.82) is 0 Å². The third kappa shape index (κ3) is 9.02. The van der Waals surface area contributed by atoms with E-state index in [0.29, 0.717) is 58.3 Å². The first-order valence-corrected chi connectivity index (χ1v) is 18.9. The second kappa shape index (κ2) is 17.2. The number of hydrogen-bond acceptors (Lipinski definition) is 6. The summed E-state index contributed by atoms with van der Waals surface area (Å²) in [4.78, 5) is 83.2. The van der Waals surface area contributed by atoms with Gasteiger partial charge in [-0.05, 0) is 87.6 Å². The summed E-state index contributed by atoms with van der Waals surface area (Å²) in [5.41, 5.74) is 1.35. The molecule has 1 saturated heterocycles. The normalized spacial score (nSPS) is 15.7. The van der Waals surface area contributed by atoms with E-state index in [1.165, 1.54) is 4.90 Å². The van der Waals surface area contributed by atoms with Crippen LogP contribution in [0.25, 0.3) is 10.9 Å². The second-order valence-corrected chi connectivity index (χ2v) is 15.6. The molecule has 1 fully saturated rings. The second-order valence-electron chi connectivity index (χ2n) is 15.1. The largest absolute Gasteiger partial charge is 0.351 e. The first-order chi connectivity index (χ1) is 27.6. The van der Waals surface area contributed by atoms with Gasteiger partial charge in [-0.3, -0.25) is 34.1 Å². The highest BCUT2D eigenvalue weighted by atomic mass is 35.5. The number of unbranched alkanes of at least 4 members (excludes halogenated alkanes) is 2. The molecular formula is C42H40ClF3N6O6. The van der Waals surface area contributed by atoms with Crippen LogP contribution in [0.15, 0.2) is 48.5 Å². The van der Waals surface area contributed by atoms with Crippen molar-refractivity contribution in [3.8, 4) is 11.8 Å². The minimum atomic E-state index is -1.68. The van der Waals surface area contributed by atoms with Gasteiger partial charge in [-0.25, -0.2) is 13.2 Å². The summed E-state index contributed by atoms with van der Waals surface area (Å²) in [6, 6.07) is 9.13. The average molecular weight is 817 g/mol. The van der Waals surface area contributed by atoms with Gasteiger partial charge in [0.1, 0.15) is 17.8 Å². The standard InChI is InChI=1S/C42H40ClF3N6O6/c1-42(2,3)50-40(57)37(51(22-53)20-23-17-29(44)35(46)30(45)18-23)34-27-13-12-25(43)19-31(27)48-36(34)39(56)47-16-7-5-4-6-9-24-10-8-11-26-28(24)21-52(41(26)58)32-14-15-33(54)49-38(32)55/h8,10-13,17-19,22,32,37,48H,4-5,7,14-16,20-21H2,1-3H3,(H,47,56)(H,50,57)(H,49,54,55). The molecule has 2 aliphatic rings. The summed E-state index contributed by atoms with van der Waals surface area (Å²) in [6.45, 7) is 5.05. The Hall–Kier alpha value is -6.14. The third-order valence-corrected chi connectivity index (χ3v) is 9.98. The Labute approximate surface area is 336 Å². The smallest absolute Gasteiger partial charge is 0.268 e. The van der Waals surface area contributed by atoms with Crippen LogP contribution < -0.4 is 16.0 Å². The number of aromatic amines is 1. The van der Waals surface area contributed by atoms with E-state index in [1.54, 1.807) is 57.2 Å². The fourth-order valence-electron chi connectivity index (χ4n) is 7.13. The van der Waals surface area contributed by atoms with Crippen LogP contribution >= 0.6 is 11.6 Å². The summed E-state index contributed by atoms with van der Waals surface area (Å²) in [5.74, 6) is -0.814. The van der Waals surface area contributed by atoms with Crippen LogP contribution in [0.4, 0.5) is 13.2 Å². The number of aromatic nitrogens is 1. The van der Waals surface area contributed by atoms with Crippen molar-refractivity contribution in [2.45, 2.75) is 83.6 Å². The summed E-state index contributed by atoms with van der Waals surface area (Å²) in [6.07, 6.45) is 2.27. The molecule has 3 aromatic carbocycles. The van der Waals surface area contributed by atoms with Gasteiger partial charge in [0, 0.05) is 70.6 Å². The molecule has 0 bridgehead atoms. The van der Waals surface area contributed by atoms with Crippen molar-refractivity contribution in [2.24, 2.45) is 0 Å². The van der Waals surface area contributed by atoms with Gasteiger partial charge in [0.2, 0.25) is 24.1 Å². The van der Waals surface area contributed by atoms with E-state index in [1.807, 2.05) is 0 Å². The van der Waals surface area contributed by atoms with E-state index in [2.05, 4.69) is 32.8 Å². The molecule has 4 N–H and O–H groups in total. The molecule has 1 aromatic heterocycles. The molecule has 58 heavy (non-hydrogen) atoms. The van der Waals surface area contributed by atoms with Crippen LogP contribution in [-0.4, -0.2) is 68.9 Å². The monoisotopic (exact) mass is 816 g/mol. The highest BCUT2D eigenvalue weighted by Gasteiger charge is 2.40. The lowest BCUT2D eigenvalue weighted by Gasteiger charge is -2.31. The Kier molecular flexibility index (Phi) is 12.3. The maximum absolute atomic E-state index is 14.2. The van der Waals surface area contributed by atoms with Gasteiger partial charge in [0.05, 0.1) is 0 Å². The number of nitrogens with one attached hydrogen (secondary N) is 4. The minimum absolute atomic E-state index is 0.0479. The molecule has 302 valence electrons. The fourth-order valence-corrected chi connectivity index (χ4v) is 7.30. The highest BCUT2D eigenvalue weighted by Crippen LogP contribution is 2.35. The quantitative estimate of drug-likeness (QED) is 0.0482. The molecule has 0 aliphatic carbocycles. The maximum Gasteiger partial charge on any atom is 0.268 e. The Morgan fingerprint density at radius 1 is 1.07 bits per heavy atom. The molecule has 4 aromatic rings. The number of piperidine rings is 1. The van der Waals surface area contributed by atoms with Gasteiger partial charge >= 0.3 is 0 Å². The zero-order valence-corrected chi connectivity index (χ0v) is 32.6. The predicted molar refractivity (Wildman–Crippen MR) is 207 cm³/mol. The summed E-state index contributed by atoms with van der Waals surface area (Å²) < 4.78 is 42.2. The van der Waals surface area contributed by atoms with Gasteiger partial charge in [-0.15, -0.1) is 0 Å². The van der Waals surface area contributed by atoms with Gasteiger partial charge < -0.3 is 25.4 Å². The highest BCUT2D eigenvalue weighted by molar-refractivity contribution is 6.31. The average Bonchev–Trinajstić information content (AvgIpc) is 3.69. The van der Waals surface area contributed by atoms with E-state index >= 15 is 0 Å². The van der Waals surface area contributed by atoms with Gasteiger partial charge in [0.15, 0.2) is 17.5 Å². The fraction of sp³-hybridized carbons (Fsp3) is 0.333. The Morgan fingerprint density at radius 3 is 2.50 bits per heavy atom. The number of rotatable bonds is 12. The number of amides is 6. The SMILES string of the molecule is CC(C)(C)NC(=O)C(c1c(C(=O)NCCCCC#Cc2cccc3c2CN(C2CCC(=O)NC2=O)C3=O)[nH]c2cc(Cl)ccc12)N(C=O)Cc1cc(F)c(F)c(F)c1. The molecule has 6 amide bonds. The molecular weight excluding hydrogens is 777 g/mol. The van der Waals surface area contributed by atoms with Gasteiger partial charge in [-0.1, -0.05) is 35.6 Å². The molecule has 0 saturated carbocycles. The number of imide groups is 1. The Balaban J connectivity index is 1.17. The number of carbonyl (C=O) groups is 6. The lowest BCUT2D eigenvalue weighted by Crippen LogP contribution is -2.52. The van der Waals surface area contributed by atoms with Crippen LogP contribution in [0.2, 0.25) is 5.02 Å². The van der Waals surface area contributed by atoms with Crippen LogP contribution in [0.3, 0.4) is 0 Å². The molecule has 0 radical (unpaired) electrons. The third-order valence-electron chi connectivity index (χ3n) is 9.74. The first kappa shape index (κ1) is 41.5. The van der Waals surface area contributed by atoms with Gasteiger partial charge in [0.25, 0.3) is 11.8 Å². The Morgan fingerprint density at radius 2 is 1.81 bits per heavy atom. The van der Waals surface area contributed by atoms with Crippen molar-refractivity contribution in [3.05, 3.63) is 105 Å². The topological polar surface area (TPSA) is 161 Å². The zero-order valence-electron chi connectivity index (χ0n) is 31.9. The molecule has 0 spiro atoms. The lowest BCUT2D eigenvalue weighted by atomic mass is 9.97. The van der Waals surface area contributed by atoms with Crippen molar-refractivity contribution in [2.75, 3.05) is 6.54 Å². The number of nitrogens with zero attached hydrogens (tertiary/aromatic N) is 2. The zero-order chi connectivity index (χ0) is 41.9. The molecule has 3 heterocycles. The number of fused-ring (bicyclic) bond motifs is 2. The van der Waals surface area contributed by atoms with E-state index in [9.17, 15) is 41.9 Å². The van der Waals surface area contributed by atoms with Crippen LogP contribution in [0, 0.1) is 29.3 Å². The van der Waals surface area contributed by atoms with Crippen molar-refractivity contribution >= 4 is 58.4 Å². The number of H-pyrrole nitrogens is 1. The summed E-state index contributed by atoms with van der Waals surface area (Å²) in [5, 5.41) is 8.68. The molecule has 2 atom stereocenters. The number of carbonyl (C=O) groups excluding carboxylic acids is 6. The van der Waals surface area contributed by atoms with E-state index in [-0.39, 0.29) is 54.6 Å². The van der Waals surface area contributed by atoms with Crippen LogP contribution in [0.5, 0.6) is 0 Å². The van der Waals surface area contributed by atoms with Crippen molar-refractivity contribution in [3.63, 3.8) is 0 Å². The molecule has 2 unspecified atom stereocenters. The summed E-state index contributed by atoms with van der Waals surface area (Å²) >= 11 is 6.27. The van der Waals surface area contributed by atoms with E-state index < -0.39 is 59.3 Å². The van der Waals surface area contributed by atoms with Crippen molar-refractivity contribution in [1.82, 2.24) is 30.7 Å². The molecule has 16 heteroatoms. The lowest BCUT2D eigenvalue weighted by molar-refractivity contribution is -0.137. The summed E-state index contributed by atoms with van der Waals surface area (Å²) in [7, 11) is 0. The molecule has 2 aliphatic heterocycles. The van der Waals surface area contributed by atoms with Crippen LogP contribution in [0.1, 0.15) is 102 Å². The van der Waals surface area contributed by atoms with Gasteiger partial charge in [-0.2, -0.15) is 0 Å². The first-order valence-electron chi connectivity index (χ1n) is 18.6.